The maximum Gasteiger partial charge on any atom is 0.305 e. The Bertz CT molecular complexity index is 229. The molecule has 0 aromatic rings. The number of hydrogen-bond donors (Lipinski definition) is 0. The maximum absolute atomic E-state index is 10.9. The quantitative estimate of drug-likeness (QED) is 0.475. The molecule has 0 amide bonds. The van der Waals surface area contributed by atoms with Crippen LogP contribution in [0.1, 0.15) is 40.0 Å². The third-order valence-electron chi connectivity index (χ3n) is 1.99. The summed E-state index contributed by atoms with van der Waals surface area (Å²) >= 11 is 0. The Labute approximate surface area is 93.0 Å². The third kappa shape index (κ3) is 9.26. The van der Waals surface area contributed by atoms with Crippen LogP contribution in [0.4, 0.5) is 0 Å². The molecular formula is C13H22O2. The lowest BCUT2D eigenvalue weighted by atomic mass is 10.1. The smallest absolute Gasteiger partial charge is 0.305 e. The molecule has 0 saturated heterocycles. The standard InChI is InChI=1S/C13H22O2/c1-5-13(14)15-10-12(4)9-7-6-8-11(2)3/h6-7,12H,2,5,8-10H2,1,3-4H3/b7-6+. The summed E-state index contributed by atoms with van der Waals surface area (Å²) in [4.78, 5) is 10.9. The van der Waals surface area contributed by atoms with Gasteiger partial charge in [-0.15, -0.1) is 0 Å². The molecule has 86 valence electrons. The molecule has 1 unspecified atom stereocenters. The molecular weight excluding hydrogens is 188 g/mol. The van der Waals surface area contributed by atoms with Crippen molar-refractivity contribution in [1.29, 1.82) is 0 Å². The van der Waals surface area contributed by atoms with Crippen LogP contribution in [0, 0.1) is 5.92 Å². The van der Waals surface area contributed by atoms with Gasteiger partial charge >= 0.3 is 5.97 Å². The average molecular weight is 210 g/mol. The van der Waals surface area contributed by atoms with E-state index in [1.807, 2.05) is 6.92 Å². The number of allylic oxidation sites excluding steroid dienone is 3. The molecule has 0 aromatic carbocycles. The zero-order chi connectivity index (χ0) is 11.7. The fourth-order valence-corrected chi connectivity index (χ4v) is 1.02. The van der Waals surface area contributed by atoms with E-state index in [0.717, 1.165) is 18.4 Å². The summed E-state index contributed by atoms with van der Waals surface area (Å²) in [6.07, 6.45) is 6.57. The van der Waals surface area contributed by atoms with Crippen LogP contribution < -0.4 is 0 Å². The van der Waals surface area contributed by atoms with Gasteiger partial charge in [0.25, 0.3) is 0 Å². The van der Waals surface area contributed by atoms with Crippen LogP contribution in [0.25, 0.3) is 0 Å². The lowest BCUT2D eigenvalue weighted by Gasteiger charge is -2.08. The van der Waals surface area contributed by atoms with E-state index >= 15 is 0 Å². The van der Waals surface area contributed by atoms with E-state index in [0.29, 0.717) is 18.9 Å². The molecule has 2 nitrogen and oxygen atoms in total. The van der Waals surface area contributed by atoms with Crippen LogP contribution in [-0.2, 0) is 9.53 Å². The highest BCUT2D eigenvalue weighted by Gasteiger charge is 2.03. The van der Waals surface area contributed by atoms with Gasteiger partial charge in [-0.05, 0) is 25.7 Å². The van der Waals surface area contributed by atoms with Crippen LogP contribution >= 0.6 is 0 Å². The Hall–Kier alpha value is -1.05. The molecule has 0 aliphatic carbocycles. The first-order chi connectivity index (χ1) is 7.06. The largest absolute Gasteiger partial charge is 0.465 e. The van der Waals surface area contributed by atoms with Crippen molar-refractivity contribution >= 4 is 5.97 Å². The molecule has 0 spiro atoms. The second-order valence-corrected chi connectivity index (χ2v) is 4.01. The summed E-state index contributed by atoms with van der Waals surface area (Å²) in [5, 5.41) is 0. The minimum absolute atomic E-state index is 0.118. The van der Waals surface area contributed by atoms with E-state index in [-0.39, 0.29) is 5.97 Å². The molecule has 0 heterocycles. The molecule has 0 fully saturated rings. The predicted molar refractivity (Wildman–Crippen MR) is 63.6 cm³/mol. The minimum atomic E-state index is -0.118. The Morgan fingerprint density at radius 2 is 2.13 bits per heavy atom. The van der Waals surface area contributed by atoms with Crippen LogP contribution in [-0.4, -0.2) is 12.6 Å². The summed E-state index contributed by atoms with van der Waals surface area (Å²) in [7, 11) is 0. The van der Waals surface area contributed by atoms with Gasteiger partial charge in [-0.3, -0.25) is 4.79 Å². The summed E-state index contributed by atoms with van der Waals surface area (Å²) in [5.74, 6) is 0.273. The van der Waals surface area contributed by atoms with Gasteiger partial charge in [0.15, 0.2) is 0 Å². The van der Waals surface area contributed by atoms with Crippen LogP contribution in [0.2, 0.25) is 0 Å². The Kier molecular flexibility index (Phi) is 7.69. The van der Waals surface area contributed by atoms with Crippen molar-refractivity contribution in [2.45, 2.75) is 40.0 Å². The zero-order valence-electron chi connectivity index (χ0n) is 10.1. The number of ether oxygens (including phenoxy) is 1. The van der Waals surface area contributed by atoms with Crippen molar-refractivity contribution in [2.75, 3.05) is 6.61 Å². The van der Waals surface area contributed by atoms with Crippen molar-refractivity contribution in [3.8, 4) is 0 Å². The zero-order valence-corrected chi connectivity index (χ0v) is 10.1. The van der Waals surface area contributed by atoms with E-state index < -0.39 is 0 Å². The topological polar surface area (TPSA) is 26.3 Å². The van der Waals surface area contributed by atoms with Gasteiger partial charge in [0.2, 0.25) is 0 Å². The molecule has 0 aromatic heterocycles. The summed E-state index contributed by atoms with van der Waals surface area (Å²) in [5.41, 5.74) is 1.16. The van der Waals surface area contributed by atoms with E-state index in [9.17, 15) is 4.79 Å². The van der Waals surface area contributed by atoms with Crippen LogP contribution in [0.3, 0.4) is 0 Å². The van der Waals surface area contributed by atoms with E-state index in [1.54, 1.807) is 6.92 Å². The molecule has 0 bridgehead atoms. The highest BCUT2D eigenvalue weighted by atomic mass is 16.5. The van der Waals surface area contributed by atoms with Gasteiger partial charge in [-0.25, -0.2) is 0 Å². The molecule has 1 atom stereocenters. The number of carbonyl (C=O) groups is 1. The van der Waals surface area contributed by atoms with Gasteiger partial charge in [0, 0.05) is 6.42 Å². The number of rotatable bonds is 7. The second kappa shape index (κ2) is 8.27. The fraction of sp³-hybridized carbons (Fsp3) is 0.615. The van der Waals surface area contributed by atoms with Crippen molar-refractivity contribution in [3.63, 3.8) is 0 Å². The maximum atomic E-state index is 10.9. The average Bonchev–Trinajstić information content (AvgIpc) is 2.20. The Balaban J connectivity index is 3.56. The molecule has 0 aliphatic rings. The van der Waals surface area contributed by atoms with Gasteiger partial charge in [-0.1, -0.05) is 38.2 Å². The Morgan fingerprint density at radius 1 is 1.47 bits per heavy atom. The first-order valence-corrected chi connectivity index (χ1v) is 5.51. The number of hydrogen-bond acceptors (Lipinski definition) is 2. The molecule has 0 rings (SSSR count). The first-order valence-electron chi connectivity index (χ1n) is 5.51. The molecule has 15 heavy (non-hydrogen) atoms. The van der Waals surface area contributed by atoms with E-state index in [1.165, 1.54) is 0 Å². The van der Waals surface area contributed by atoms with E-state index in [2.05, 4.69) is 25.7 Å². The summed E-state index contributed by atoms with van der Waals surface area (Å²) in [6, 6.07) is 0. The summed E-state index contributed by atoms with van der Waals surface area (Å²) < 4.78 is 5.04. The predicted octanol–water partition coefficient (Wildman–Crippen LogP) is 3.49. The summed E-state index contributed by atoms with van der Waals surface area (Å²) in [6.45, 7) is 10.2. The fourth-order valence-electron chi connectivity index (χ4n) is 1.02. The lowest BCUT2D eigenvalue weighted by Crippen LogP contribution is -2.10. The molecule has 0 radical (unpaired) electrons. The first kappa shape index (κ1) is 13.9. The monoisotopic (exact) mass is 210 g/mol. The van der Waals surface area contributed by atoms with Gasteiger partial charge in [0.05, 0.1) is 6.61 Å². The molecule has 2 heteroatoms. The van der Waals surface area contributed by atoms with E-state index in [4.69, 9.17) is 4.74 Å². The number of carbonyl (C=O) groups excluding carboxylic acids is 1. The van der Waals surface area contributed by atoms with Gasteiger partial charge in [0.1, 0.15) is 0 Å². The van der Waals surface area contributed by atoms with Gasteiger partial charge in [-0.2, -0.15) is 0 Å². The molecule has 0 saturated carbocycles. The SMILES string of the molecule is C=C(C)C/C=C/CC(C)COC(=O)CC. The molecule has 0 N–H and O–H groups in total. The normalized spacial score (nSPS) is 12.7. The molecule has 0 aliphatic heterocycles. The Morgan fingerprint density at radius 3 is 2.67 bits per heavy atom. The van der Waals surface area contributed by atoms with Crippen molar-refractivity contribution in [2.24, 2.45) is 5.92 Å². The van der Waals surface area contributed by atoms with Crippen molar-refractivity contribution in [1.82, 2.24) is 0 Å². The second-order valence-electron chi connectivity index (χ2n) is 4.01. The van der Waals surface area contributed by atoms with Gasteiger partial charge < -0.3 is 4.74 Å². The van der Waals surface area contributed by atoms with Crippen molar-refractivity contribution < 1.29 is 9.53 Å². The third-order valence-corrected chi connectivity index (χ3v) is 1.99. The highest BCUT2D eigenvalue weighted by molar-refractivity contribution is 5.68. The lowest BCUT2D eigenvalue weighted by molar-refractivity contribution is -0.144. The number of esters is 1. The van der Waals surface area contributed by atoms with Crippen molar-refractivity contribution in [3.05, 3.63) is 24.3 Å². The van der Waals surface area contributed by atoms with Crippen LogP contribution in [0.5, 0.6) is 0 Å². The van der Waals surface area contributed by atoms with Crippen LogP contribution in [0.15, 0.2) is 24.3 Å². The minimum Gasteiger partial charge on any atom is -0.465 e. The highest BCUT2D eigenvalue weighted by Crippen LogP contribution is 2.06.